The minimum absolute atomic E-state index is 0.0372. The first-order valence-electron chi connectivity index (χ1n) is 7.56. The largest absolute Gasteiger partial charge is 0.370 e. The molecule has 1 aromatic carbocycles. The van der Waals surface area contributed by atoms with Crippen molar-refractivity contribution in [1.29, 1.82) is 0 Å². The Morgan fingerprint density at radius 2 is 1.95 bits per heavy atom. The summed E-state index contributed by atoms with van der Waals surface area (Å²) in [5, 5.41) is 5.19. The van der Waals surface area contributed by atoms with Crippen molar-refractivity contribution in [1.82, 2.24) is 9.88 Å². The second-order valence-electron chi connectivity index (χ2n) is 5.18. The van der Waals surface area contributed by atoms with Gasteiger partial charge in [0.1, 0.15) is 5.82 Å². The van der Waals surface area contributed by atoms with Crippen LogP contribution in [0, 0.1) is 0 Å². The minimum atomic E-state index is 0.0372. The lowest BCUT2D eigenvalue weighted by atomic mass is 10.1. The molecule has 112 valence electrons. The number of carbonyl (C=O) groups is 1. The van der Waals surface area contributed by atoms with Gasteiger partial charge in [-0.2, -0.15) is 0 Å². The fourth-order valence-electron chi connectivity index (χ4n) is 2.37. The third-order valence-electron chi connectivity index (χ3n) is 3.56. The molecule has 0 radical (unpaired) electrons. The summed E-state index contributed by atoms with van der Waals surface area (Å²) in [6.45, 7) is 5.74. The highest BCUT2D eigenvalue weighted by Crippen LogP contribution is 2.25. The van der Waals surface area contributed by atoms with E-state index >= 15 is 0 Å². The topological polar surface area (TPSA) is 45.2 Å². The number of nitrogens with one attached hydrogen (secondary N) is 1. The highest BCUT2D eigenvalue weighted by Gasteiger charge is 2.16. The number of carbonyl (C=O) groups excluding carboxylic acids is 1. The predicted octanol–water partition coefficient (Wildman–Crippen LogP) is 3.54. The Bertz CT molecular complexity index is 624. The molecule has 0 aliphatic heterocycles. The molecule has 0 unspecified atom stereocenters. The fourth-order valence-corrected chi connectivity index (χ4v) is 2.37. The summed E-state index contributed by atoms with van der Waals surface area (Å²) in [6, 6.07) is 7.92. The number of anilines is 1. The van der Waals surface area contributed by atoms with Crippen LogP contribution in [0.5, 0.6) is 0 Å². The van der Waals surface area contributed by atoms with Crippen molar-refractivity contribution in [2.24, 2.45) is 0 Å². The Labute approximate surface area is 126 Å². The van der Waals surface area contributed by atoms with Crippen LogP contribution >= 0.6 is 0 Å². The number of hydrogen-bond donors (Lipinski definition) is 1. The van der Waals surface area contributed by atoms with Gasteiger partial charge >= 0.3 is 0 Å². The third kappa shape index (κ3) is 3.32. The monoisotopic (exact) mass is 285 g/mol. The van der Waals surface area contributed by atoms with E-state index in [0.717, 1.165) is 42.5 Å². The Morgan fingerprint density at radius 3 is 2.62 bits per heavy atom. The molecule has 21 heavy (non-hydrogen) atoms. The highest BCUT2D eigenvalue weighted by atomic mass is 16.2. The predicted molar refractivity (Wildman–Crippen MR) is 87.8 cm³/mol. The van der Waals surface area contributed by atoms with Crippen LogP contribution in [0.4, 0.5) is 5.82 Å². The average Bonchev–Trinajstić information content (AvgIpc) is 2.52. The molecule has 2 rings (SSSR count). The van der Waals surface area contributed by atoms with Gasteiger partial charge in [0.2, 0.25) is 0 Å². The fraction of sp³-hybridized carbons (Fsp3) is 0.412. The summed E-state index contributed by atoms with van der Waals surface area (Å²) in [7, 11) is 1.85. The molecule has 0 aliphatic carbocycles. The molecular weight excluding hydrogens is 262 g/mol. The number of rotatable bonds is 6. The molecule has 1 heterocycles. The molecule has 4 nitrogen and oxygen atoms in total. The van der Waals surface area contributed by atoms with E-state index in [9.17, 15) is 4.79 Å². The molecular formula is C17H23N3O. The van der Waals surface area contributed by atoms with Crippen molar-refractivity contribution in [3.63, 3.8) is 0 Å². The molecule has 0 atom stereocenters. The van der Waals surface area contributed by atoms with Crippen molar-refractivity contribution in [3.8, 4) is 0 Å². The second kappa shape index (κ2) is 7.07. The Hall–Kier alpha value is -2.10. The van der Waals surface area contributed by atoms with Gasteiger partial charge < -0.3 is 10.2 Å². The lowest BCUT2D eigenvalue weighted by Crippen LogP contribution is -2.28. The van der Waals surface area contributed by atoms with Crippen molar-refractivity contribution in [3.05, 3.63) is 36.0 Å². The van der Waals surface area contributed by atoms with Gasteiger partial charge in [-0.3, -0.25) is 4.79 Å². The maximum Gasteiger partial charge on any atom is 0.255 e. The Balaban J connectivity index is 2.41. The van der Waals surface area contributed by atoms with E-state index in [-0.39, 0.29) is 5.91 Å². The van der Waals surface area contributed by atoms with Gasteiger partial charge in [0, 0.05) is 31.7 Å². The van der Waals surface area contributed by atoms with Crippen LogP contribution < -0.4 is 5.32 Å². The van der Waals surface area contributed by atoms with E-state index in [2.05, 4.69) is 17.2 Å². The molecule has 0 bridgehead atoms. The molecule has 4 heteroatoms. The first-order chi connectivity index (χ1) is 10.2. The number of hydrogen-bond acceptors (Lipinski definition) is 3. The first kappa shape index (κ1) is 15.3. The highest BCUT2D eigenvalue weighted by molar-refractivity contribution is 6.09. The van der Waals surface area contributed by atoms with E-state index < -0.39 is 0 Å². The third-order valence-corrected chi connectivity index (χ3v) is 3.56. The number of nitrogens with zero attached hydrogens (tertiary/aromatic N) is 2. The first-order valence-corrected chi connectivity index (χ1v) is 7.56. The maximum absolute atomic E-state index is 12.6. The van der Waals surface area contributed by atoms with E-state index in [4.69, 9.17) is 0 Å². The number of unbranched alkanes of at least 4 members (excludes halogenated alkanes) is 1. The lowest BCUT2D eigenvalue weighted by Gasteiger charge is -2.18. The summed E-state index contributed by atoms with van der Waals surface area (Å²) >= 11 is 0. The maximum atomic E-state index is 12.6. The van der Waals surface area contributed by atoms with Crippen LogP contribution in [0.1, 0.15) is 37.0 Å². The van der Waals surface area contributed by atoms with Gasteiger partial charge in [-0.25, -0.2) is 4.98 Å². The molecule has 2 aromatic rings. The Morgan fingerprint density at radius 1 is 1.24 bits per heavy atom. The van der Waals surface area contributed by atoms with Crippen LogP contribution in [-0.4, -0.2) is 35.9 Å². The zero-order chi connectivity index (χ0) is 15.2. The zero-order valence-corrected chi connectivity index (χ0v) is 13.0. The zero-order valence-electron chi connectivity index (χ0n) is 13.0. The number of amides is 1. The molecule has 0 saturated heterocycles. The molecule has 1 aromatic heterocycles. The molecule has 1 amide bonds. The van der Waals surface area contributed by atoms with Crippen LogP contribution in [0.15, 0.2) is 30.5 Å². The normalized spacial score (nSPS) is 10.6. The molecule has 1 N–H and O–H groups in total. The smallest absolute Gasteiger partial charge is 0.255 e. The standard InChI is InChI=1S/C17H23N3O/c1-4-6-11-20(3)17(21)15-12-19-16(18-5-2)14-10-8-7-9-13(14)15/h7-10,12H,4-6,11H2,1-3H3,(H,18,19). The van der Waals surface area contributed by atoms with E-state index in [1.165, 1.54) is 0 Å². The van der Waals surface area contributed by atoms with Gasteiger partial charge in [0.25, 0.3) is 5.91 Å². The van der Waals surface area contributed by atoms with Crippen LogP contribution in [-0.2, 0) is 0 Å². The number of pyridine rings is 1. The molecule has 0 saturated carbocycles. The summed E-state index contributed by atoms with van der Waals surface area (Å²) in [5.41, 5.74) is 0.672. The second-order valence-corrected chi connectivity index (χ2v) is 5.18. The summed E-state index contributed by atoms with van der Waals surface area (Å²) in [5.74, 6) is 0.871. The van der Waals surface area contributed by atoms with Crippen LogP contribution in [0.3, 0.4) is 0 Å². The van der Waals surface area contributed by atoms with E-state index in [1.807, 2.05) is 38.2 Å². The summed E-state index contributed by atoms with van der Waals surface area (Å²) in [6.07, 6.45) is 3.78. The number of fused-ring (bicyclic) bond motifs is 1. The summed E-state index contributed by atoms with van der Waals surface area (Å²) in [4.78, 5) is 18.8. The quantitative estimate of drug-likeness (QED) is 0.883. The average molecular weight is 285 g/mol. The van der Waals surface area contributed by atoms with E-state index in [0.29, 0.717) is 5.56 Å². The van der Waals surface area contributed by atoms with Gasteiger partial charge in [0.15, 0.2) is 0 Å². The minimum Gasteiger partial charge on any atom is -0.370 e. The van der Waals surface area contributed by atoms with Crippen molar-refractivity contribution < 1.29 is 4.79 Å². The molecule has 0 fully saturated rings. The van der Waals surface area contributed by atoms with Gasteiger partial charge in [-0.15, -0.1) is 0 Å². The molecule has 0 spiro atoms. The van der Waals surface area contributed by atoms with Crippen molar-refractivity contribution in [2.45, 2.75) is 26.7 Å². The van der Waals surface area contributed by atoms with Crippen LogP contribution in [0.2, 0.25) is 0 Å². The Kier molecular flexibility index (Phi) is 5.14. The van der Waals surface area contributed by atoms with Gasteiger partial charge in [-0.1, -0.05) is 37.6 Å². The van der Waals surface area contributed by atoms with Gasteiger partial charge in [-0.05, 0) is 18.7 Å². The number of benzene rings is 1. The van der Waals surface area contributed by atoms with Crippen molar-refractivity contribution >= 4 is 22.5 Å². The number of aromatic nitrogens is 1. The SMILES string of the molecule is CCCCN(C)C(=O)c1cnc(NCC)c2ccccc12. The van der Waals surface area contributed by atoms with Crippen molar-refractivity contribution in [2.75, 3.05) is 25.5 Å². The van der Waals surface area contributed by atoms with Gasteiger partial charge in [0.05, 0.1) is 5.56 Å². The lowest BCUT2D eigenvalue weighted by molar-refractivity contribution is 0.0795. The van der Waals surface area contributed by atoms with E-state index in [1.54, 1.807) is 11.1 Å². The van der Waals surface area contributed by atoms with Crippen LogP contribution in [0.25, 0.3) is 10.8 Å². The summed E-state index contributed by atoms with van der Waals surface area (Å²) < 4.78 is 0. The molecule has 0 aliphatic rings.